The highest BCUT2D eigenvalue weighted by Crippen LogP contribution is 2.36. The van der Waals surface area contributed by atoms with Gasteiger partial charge in [-0.15, -0.1) is 12.6 Å². The molecule has 2 aromatic carbocycles. The standard InChI is InChI=1S/C14H20N2O4S.C7H8OS/c1-19-12-2-4-13(5-3-12)21(17,18)16-10-11-20-14(16)6-8-15-9-7-14;1-8-6-2-4-7(9)5-3-6/h2-5,15H,6-11H2,1H3;2-5,9H,1H3. The van der Waals surface area contributed by atoms with Crippen LogP contribution in [0.3, 0.4) is 0 Å². The second kappa shape index (κ2) is 10.0. The molecule has 0 aromatic heterocycles. The first-order chi connectivity index (χ1) is 14.4. The minimum Gasteiger partial charge on any atom is -0.497 e. The lowest BCUT2D eigenvalue weighted by Crippen LogP contribution is -2.53. The number of hydrogen-bond acceptors (Lipinski definition) is 7. The average Bonchev–Trinajstić information content (AvgIpc) is 3.18. The summed E-state index contributed by atoms with van der Waals surface area (Å²) in [5, 5.41) is 3.24. The maximum absolute atomic E-state index is 12.9. The zero-order valence-corrected chi connectivity index (χ0v) is 18.9. The van der Waals surface area contributed by atoms with Crippen molar-refractivity contribution < 1.29 is 22.6 Å². The third kappa shape index (κ3) is 5.09. The van der Waals surface area contributed by atoms with Gasteiger partial charge in [-0.3, -0.25) is 0 Å². The first-order valence-electron chi connectivity index (χ1n) is 9.76. The van der Waals surface area contributed by atoms with E-state index in [0.717, 1.165) is 23.7 Å². The fourth-order valence-corrected chi connectivity index (χ4v) is 5.47. The third-order valence-electron chi connectivity index (χ3n) is 5.22. The van der Waals surface area contributed by atoms with Gasteiger partial charge in [-0.1, -0.05) is 0 Å². The third-order valence-corrected chi connectivity index (χ3v) is 7.49. The van der Waals surface area contributed by atoms with Gasteiger partial charge < -0.3 is 19.5 Å². The summed E-state index contributed by atoms with van der Waals surface area (Å²) in [4.78, 5) is 1.24. The number of methoxy groups -OCH3 is 2. The van der Waals surface area contributed by atoms with Crippen LogP contribution in [0.4, 0.5) is 0 Å². The number of thiol groups is 1. The summed E-state index contributed by atoms with van der Waals surface area (Å²) in [6.07, 6.45) is 1.37. The molecule has 0 atom stereocenters. The largest absolute Gasteiger partial charge is 0.497 e. The fourth-order valence-electron chi connectivity index (χ4n) is 3.60. The van der Waals surface area contributed by atoms with E-state index in [0.29, 0.717) is 31.7 Å². The molecule has 0 amide bonds. The molecule has 164 valence electrons. The first kappa shape index (κ1) is 22.9. The van der Waals surface area contributed by atoms with Crippen LogP contribution >= 0.6 is 12.6 Å². The van der Waals surface area contributed by atoms with E-state index in [1.54, 1.807) is 38.5 Å². The fraction of sp³-hybridized carbons (Fsp3) is 0.429. The molecule has 0 radical (unpaired) electrons. The molecule has 0 saturated carbocycles. The summed E-state index contributed by atoms with van der Waals surface area (Å²) in [6.45, 7) is 2.41. The van der Waals surface area contributed by atoms with Gasteiger partial charge in [0.15, 0.2) is 0 Å². The average molecular weight is 453 g/mol. The first-order valence-corrected chi connectivity index (χ1v) is 11.6. The van der Waals surface area contributed by atoms with Crippen LogP contribution in [0.15, 0.2) is 58.3 Å². The van der Waals surface area contributed by atoms with E-state index in [9.17, 15) is 8.42 Å². The van der Waals surface area contributed by atoms with E-state index in [1.165, 1.54) is 4.31 Å². The highest BCUT2D eigenvalue weighted by atomic mass is 32.2. The molecule has 0 aliphatic carbocycles. The van der Waals surface area contributed by atoms with Crippen molar-refractivity contribution in [2.75, 3.05) is 40.5 Å². The van der Waals surface area contributed by atoms with Gasteiger partial charge in [0.1, 0.15) is 17.2 Å². The number of sulfonamides is 1. The Kier molecular flexibility index (Phi) is 7.65. The Morgan fingerprint density at radius 1 is 0.967 bits per heavy atom. The number of hydrogen-bond donors (Lipinski definition) is 2. The number of rotatable bonds is 4. The Bertz CT molecular complexity index is 911. The van der Waals surface area contributed by atoms with Gasteiger partial charge in [0.2, 0.25) is 10.0 Å². The molecule has 2 aromatic rings. The molecule has 9 heteroatoms. The maximum atomic E-state index is 12.9. The maximum Gasteiger partial charge on any atom is 0.245 e. The predicted octanol–water partition coefficient (Wildman–Crippen LogP) is 2.78. The zero-order valence-electron chi connectivity index (χ0n) is 17.2. The Balaban J connectivity index is 0.000000239. The van der Waals surface area contributed by atoms with Crippen molar-refractivity contribution in [2.24, 2.45) is 0 Å². The van der Waals surface area contributed by atoms with Crippen molar-refractivity contribution in [1.82, 2.24) is 9.62 Å². The van der Waals surface area contributed by atoms with Crippen LogP contribution < -0.4 is 14.8 Å². The second-order valence-corrected chi connectivity index (χ2v) is 9.37. The Morgan fingerprint density at radius 3 is 2.03 bits per heavy atom. The van der Waals surface area contributed by atoms with E-state index in [-0.39, 0.29) is 4.90 Å². The van der Waals surface area contributed by atoms with Gasteiger partial charge in [-0.2, -0.15) is 4.31 Å². The lowest BCUT2D eigenvalue weighted by atomic mass is 10.0. The van der Waals surface area contributed by atoms with E-state index < -0.39 is 15.7 Å². The van der Waals surface area contributed by atoms with Gasteiger partial charge in [-0.25, -0.2) is 8.42 Å². The normalized spacial score (nSPS) is 18.5. The molecule has 2 aliphatic rings. The molecule has 2 saturated heterocycles. The predicted molar refractivity (Wildman–Crippen MR) is 118 cm³/mol. The molecule has 1 spiro atoms. The van der Waals surface area contributed by atoms with Gasteiger partial charge in [0, 0.05) is 24.3 Å². The van der Waals surface area contributed by atoms with E-state index >= 15 is 0 Å². The smallest absolute Gasteiger partial charge is 0.245 e. The van der Waals surface area contributed by atoms with Crippen molar-refractivity contribution in [3.63, 3.8) is 0 Å². The van der Waals surface area contributed by atoms with Crippen molar-refractivity contribution in [1.29, 1.82) is 0 Å². The van der Waals surface area contributed by atoms with Gasteiger partial charge in [0.05, 0.1) is 25.7 Å². The highest BCUT2D eigenvalue weighted by Gasteiger charge is 2.49. The molecule has 2 fully saturated rings. The lowest BCUT2D eigenvalue weighted by molar-refractivity contribution is -0.0704. The SMILES string of the molecule is COc1ccc(S(=O)(=O)N2CCOC23CCNCC3)cc1.COc1ccc(S)cc1. The molecule has 2 aliphatic heterocycles. The summed E-state index contributed by atoms with van der Waals surface area (Å²) >= 11 is 4.11. The van der Waals surface area contributed by atoms with Crippen molar-refractivity contribution in [2.45, 2.75) is 28.4 Å². The summed E-state index contributed by atoms with van der Waals surface area (Å²) in [6, 6.07) is 14.0. The molecule has 0 unspecified atom stereocenters. The summed E-state index contributed by atoms with van der Waals surface area (Å²) in [5.74, 6) is 1.51. The Morgan fingerprint density at radius 2 is 1.50 bits per heavy atom. The molecule has 4 rings (SSSR count). The van der Waals surface area contributed by atoms with Crippen LogP contribution in [0, 0.1) is 0 Å². The number of nitrogens with one attached hydrogen (secondary N) is 1. The zero-order chi connectivity index (χ0) is 21.6. The van der Waals surface area contributed by atoms with E-state index in [4.69, 9.17) is 14.2 Å². The van der Waals surface area contributed by atoms with E-state index in [1.807, 2.05) is 24.3 Å². The van der Waals surface area contributed by atoms with Crippen LogP contribution in [0.2, 0.25) is 0 Å². The van der Waals surface area contributed by atoms with Crippen molar-refractivity contribution in [3.8, 4) is 11.5 Å². The molecule has 2 heterocycles. The Labute approximate surface area is 183 Å². The number of benzene rings is 2. The lowest BCUT2D eigenvalue weighted by Gasteiger charge is -2.39. The van der Waals surface area contributed by atoms with Gasteiger partial charge in [0.25, 0.3) is 0 Å². The molecular formula is C21H28N2O5S2. The number of piperidine rings is 1. The van der Waals surface area contributed by atoms with Gasteiger partial charge in [-0.05, 0) is 61.6 Å². The van der Waals surface area contributed by atoms with Crippen LogP contribution in [-0.2, 0) is 14.8 Å². The molecule has 0 bridgehead atoms. The van der Waals surface area contributed by atoms with Crippen molar-refractivity contribution in [3.05, 3.63) is 48.5 Å². The monoisotopic (exact) mass is 452 g/mol. The minimum absolute atomic E-state index is 0.284. The molecule has 1 N–H and O–H groups in total. The molecule has 30 heavy (non-hydrogen) atoms. The summed E-state index contributed by atoms with van der Waals surface area (Å²) in [7, 11) is -0.343. The summed E-state index contributed by atoms with van der Waals surface area (Å²) in [5.41, 5.74) is -0.677. The quantitative estimate of drug-likeness (QED) is 0.695. The van der Waals surface area contributed by atoms with Crippen LogP contribution in [0.1, 0.15) is 12.8 Å². The summed E-state index contributed by atoms with van der Waals surface area (Å²) < 4.78 is 43.2. The van der Waals surface area contributed by atoms with E-state index in [2.05, 4.69) is 17.9 Å². The molecule has 7 nitrogen and oxygen atoms in total. The van der Waals surface area contributed by atoms with Crippen molar-refractivity contribution >= 4 is 22.7 Å². The van der Waals surface area contributed by atoms with Crippen LogP contribution in [0.5, 0.6) is 11.5 Å². The highest BCUT2D eigenvalue weighted by molar-refractivity contribution is 7.89. The van der Waals surface area contributed by atoms with Gasteiger partial charge >= 0.3 is 0 Å². The second-order valence-electron chi connectivity index (χ2n) is 7.00. The molecular weight excluding hydrogens is 424 g/mol. The number of ether oxygens (including phenoxy) is 3. The Hall–Kier alpha value is -1.78. The topological polar surface area (TPSA) is 77.1 Å². The van der Waals surface area contributed by atoms with Crippen LogP contribution in [0.25, 0.3) is 0 Å². The minimum atomic E-state index is -3.55. The van der Waals surface area contributed by atoms with Crippen LogP contribution in [-0.4, -0.2) is 58.9 Å². The number of nitrogens with zero attached hydrogens (tertiary/aromatic N) is 1.